The summed E-state index contributed by atoms with van der Waals surface area (Å²) in [5.74, 6) is -0.649. The monoisotopic (exact) mass is 423 g/mol. The molecule has 3 rings (SSSR count). The lowest BCUT2D eigenvalue weighted by Gasteiger charge is -2.11. The van der Waals surface area contributed by atoms with Crippen LogP contribution < -0.4 is 5.32 Å². The van der Waals surface area contributed by atoms with Gasteiger partial charge in [-0.25, -0.2) is 0 Å². The van der Waals surface area contributed by atoms with Gasteiger partial charge in [-0.2, -0.15) is 13.2 Å². The van der Waals surface area contributed by atoms with Crippen molar-refractivity contribution in [2.45, 2.75) is 6.18 Å². The van der Waals surface area contributed by atoms with Gasteiger partial charge in [0, 0.05) is 15.1 Å². The standard InChI is InChI=1S/C16H7Cl3F3NOS/c17-8-2-3-9-12(6-8)25-14(13(9)19)15(24)23-11-5-7(16(20,21)22)1-4-10(11)18/h1-6H,(H,23,24). The van der Waals surface area contributed by atoms with Crippen molar-refractivity contribution in [1.82, 2.24) is 0 Å². The van der Waals surface area contributed by atoms with E-state index in [4.69, 9.17) is 34.8 Å². The van der Waals surface area contributed by atoms with E-state index in [9.17, 15) is 18.0 Å². The van der Waals surface area contributed by atoms with Crippen molar-refractivity contribution in [2.75, 3.05) is 5.32 Å². The third-order valence-corrected chi connectivity index (χ3v) is 5.56. The van der Waals surface area contributed by atoms with Crippen molar-refractivity contribution < 1.29 is 18.0 Å². The molecule has 0 bridgehead atoms. The van der Waals surface area contributed by atoms with E-state index in [0.29, 0.717) is 15.1 Å². The van der Waals surface area contributed by atoms with Gasteiger partial charge in [0.2, 0.25) is 0 Å². The molecule has 25 heavy (non-hydrogen) atoms. The molecule has 0 radical (unpaired) electrons. The average molecular weight is 425 g/mol. The van der Waals surface area contributed by atoms with Crippen molar-refractivity contribution in [3.63, 3.8) is 0 Å². The lowest BCUT2D eigenvalue weighted by molar-refractivity contribution is -0.137. The highest BCUT2D eigenvalue weighted by Crippen LogP contribution is 2.38. The number of amides is 1. The van der Waals surface area contributed by atoms with E-state index < -0.39 is 17.6 Å². The second kappa shape index (κ2) is 6.68. The minimum atomic E-state index is -4.55. The molecule has 1 amide bonds. The minimum Gasteiger partial charge on any atom is -0.320 e. The molecule has 1 heterocycles. The summed E-state index contributed by atoms with van der Waals surface area (Å²) < 4.78 is 39.1. The SMILES string of the molecule is O=C(Nc1cc(C(F)(F)F)ccc1Cl)c1sc2cc(Cl)ccc2c1Cl. The number of anilines is 1. The fourth-order valence-electron chi connectivity index (χ4n) is 2.16. The van der Waals surface area contributed by atoms with Gasteiger partial charge in [-0.1, -0.05) is 40.9 Å². The Hall–Kier alpha value is -1.47. The van der Waals surface area contributed by atoms with Crippen LogP contribution in [0.5, 0.6) is 0 Å². The number of hydrogen-bond acceptors (Lipinski definition) is 2. The van der Waals surface area contributed by atoms with Crippen LogP contribution in [-0.2, 0) is 6.18 Å². The quantitative estimate of drug-likeness (QED) is 0.466. The summed E-state index contributed by atoms with van der Waals surface area (Å²) in [4.78, 5) is 12.6. The topological polar surface area (TPSA) is 29.1 Å². The maximum atomic E-state index is 12.8. The largest absolute Gasteiger partial charge is 0.416 e. The van der Waals surface area contributed by atoms with Crippen LogP contribution in [0, 0.1) is 0 Å². The van der Waals surface area contributed by atoms with Gasteiger partial charge in [-0.15, -0.1) is 11.3 Å². The summed E-state index contributed by atoms with van der Waals surface area (Å²) in [6.45, 7) is 0. The molecule has 0 saturated carbocycles. The molecule has 1 aromatic heterocycles. The minimum absolute atomic E-state index is 0.0124. The zero-order chi connectivity index (χ0) is 18.4. The van der Waals surface area contributed by atoms with Crippen LogP contribution >= 0.6 is 46.1 Å². The molecular formula is C16H7Cl3F3NOS. The lowest BCUT2D eigenvalue weighted by Crippen LogP contribution is -2.12. The molecule has 0 aliphatic carbocycles. The number of hydrogen-bond donors (Lipinski definition) is 1. The van der Waals surface area contributed by atoms with Gasteiger partial charge in [0.25, 0.3) is 5.91 Å². The molecule has 0 spiro atoms. The van der Waals surface area contributed by atoms with Crippen LogP contribution in [0.2, 0.25) is 15.1 Å². The Morgan fingerprint density at radius 2 is 1.76 bits per heavy atom. The second-order valence-electron chi connectivity index (χ2n) is 5.03. The van der Waals surface area contributed by atoms with E-state index in [1.165, 1.54) is 0 Å². The Labute approximate surface area is 159 Å². The highest BCUT2D eigenvalue weighted by atomic mass is 35.5. The third-order valence-electron chi connectivity index (χ3n) is 3.34. The Morgan fingerprint density at radius 3 is 2.44 bits per heavy atom. The second-order valence-corrected chi connectivity index (χ2v) is 7.31. The zero-order valence-corrected chi connectivity index (χ0v) is 15.1. The lowest BCUT2D eigenvalue weighted by atomic mass is 10.2. The fourth-order valence-corrected chi connectivity index (χ4v) is 4.01. The number of benzene rings is 2. The van der Waals surface area contributed by atoms with Crippen LogP contribution in [-0.4, -0.2) is 5.91 Å². The maximum absolute atomic E-state index is 12.8. The van der Waals surface area contributed by atoms with Crippen molar-refractivity contribution in [3.05, 3.63) is 61.9 Å². The normalized spacial score (nSPS) is 11.8. The molecule has 1 N–H and O–H groups in total. The molecule has 0 aliphatic heterocycles. The van der Waals surface area contributed by atoms with Gasteiger partial charge in [-0.3, -0.25) is 4.79 Å². The first-order valence-electron chi connectivity index (χ1n) is 6.72. The van der Waals surface area contributed by atoms with E-state index >= 15 is 0 Å². The molecule has 130 valence electrons. The summed E-state index contributed by atoms with van der Waals surface area (Å²) in [6, 6.07) is 7.65. The van der Waals surface area contributed by atoms with E-state index in [-0.39, 0.29) is 20.6 Å². The molecule has 2 nitrogen and oxygen atoms in total. The van der Waals surface area contributed by atoms with Gasteiger partial charge in [-0.05, 0) is 30.3 Å². The first kappa shape index (κ1) is 18.3. The van der Waals surface area contributed by atoms with Gasteiger partial charge >= 0.3 is 6.18 Å². The van der Waals surface area contributed by atoms with Gasteiger partial charge < -0.3 is 5.32 Å². The highest BCUT2D eigenvalue weighted by molar-refractivity contribution is 7.21. The molecular weight excluding hydrogens is 418 g/mol. The first-order chi connectivity index (χ1) is 11.7. The third kappa shape index (κ3) is 3.72. The van der Waals surface area contributed by atoms with Crippen molar-refractivity contribution in [3.8, 4) is 0 Å². The average Bonchev–Trinajstić information content (AvgIpc) is 2.84. The Bertz CT molecular complexity index is 985. The van der Waals surface area contributed by atoms with Crippen LogP contribution in [0.1, 0.15) is 15.2 Å². The number of rotatable bonds is 2. The highest BCUT2D eigenvalue weighted by Gasteiger charge is 2.31. The molecule has 0 atom stereocenters. The summed E-state index contributed by atoms with van der Waals surface area (Å²) in [7, 11) is 0. The molecule has 0 fully saturated rings. The number of nitrogens with one attached hydrogen (secondary N) is 1. The van der Waals surface area contributed by atoms with E-state index in [1.54, 1.807) is 18.2 Å². The van der Waals surface area contributed by atoms with E-state index in [1.807, 2.05) is 0 Å². The van der Waals surface area contributed by atoms with Gasteiger partial charge in [0.1, 0.15) is 4.88 Å². The first-order valence-corrected chi connectivity index (χ1v) is 8.67. The van der Waals surface area contributed by atoms with Crippen LogP contribution in [0.15, 0.2) is 36.4 Å². The van der Waals surface area contributed by atoms with Crippen LogP contribution in [0.25, 0.3) is 10.1 Å². The number of carbonyl (C=O) groups is 1. The summed E-state index contributed by atoms with van der Waals surface area (Å²) in [5.41, 5.74) is -1.06. The molecule has 0 aliphatic rings. The van der Waals surface area contributed by atoms with Crippen LogP contribution in [0.3, 0.4) is 0 Å². The molecule has 3 aromatic rings. The Balaban J connectivity index is 1.97. The van der Waals surface area contributed by atoms with Crippen molar-refractivity contribution >= 4 is 67.8 Å². The number of thiophene rings is 1. The van der Waals surface area contributed by atoms with Crippen molar-refractivity contribution in [1.29, 1.82) is 0 Å². The number of halogens is 6. The zero-order valence-electron chi connectivity index (χ0n) is 12.0. The Kier molecular flexibility index (Phi) is 4.90. The summed E-state index contributed by atoms with van der Waals surface area (Å²) in [5, 5.41) is 3.69. The van der Waals surface area contributed by atoms with Gasteiger partial charge in [0.05, 0.1) is 21.3 Å². The maximum Gasteiger partial charge on any atom is 0.416 e. The van der Waals surface area contributed by atoms with Crippen molar-refractivity contribution in [2.24, 2.45) is 0 Å². The molecule has 9 heteroatoms. The fraction of sp³-hybridized carbons (Fsp3) is 0.0625. The summed E-state index contributed by atoms with van der Waals surface area (Å²) >= 11 is 19.1. The Morgan fingerprint density at radius 1 is 1.04 bits per heavy atom. The van der Waals surface area contributed by atoms with E-state index in [2.05, 4.69) is 5.32 Å². The van der Waals surface area contributed by atoms with Gasteiger partial charge in [0.15, 0.2) is 0 Å². The predicted molar refractivity (Wildman–Crippen MR) is 96.3 cm³/mol. The summed E-state index contributed by atoms with van der Waals surface area (Å²) in [6.07, 6.45) is -4.55. The van der Waals surface area contributed by atoms with E-state index in [0.717, 1.165) is 29.5 Å². The van der Waals surface area contributed by atoms with Crippen LogP contribution in [0.4, 0.5) is 18.9 Å². The predicted octanol–water partition coefficient (Wildman–Crippen LogP) is 7.13. The number of carbonyl (C=O) groups excluding carboxylic acids is 1. The molecule has 0 unspecified atom stereocenters. The molecule has 0 saturated heterocycles. The molecule has 2 aromatic carbocycles. The smallest absolute Gasteiger partial charge is 0.320 e. The number of alkyl halides is 3. The number of fused-ring (bicyclic) bond motifs is 1.